The number of aromatic nitrogens is 2. The molecule has 0 bridgehead atoms. The summed E-state index contributed by atoms with van der Waals surface area (Å²) < 4.78 is 94.5. The van der Waals surface area contributed by atoms with Crippen molar-refractivity contribution in [2.75, 3.05) is 0 Å². The van der Waals surface area contributed by atoms with Gasteiger partial charge in [0, 0.05) is 29.8 Å². The fourth-order valence-corrected chi connectivity index (χ4v) is 3.48. The van der Waals surface area contributed by atoms with Gasteiger partial charge in [-0.05, 0) is 50.2 Å². The molecular weight excluding hydrogens is 517 g/mol. The number of hydrogen-bond acceptors (Lipinski definition) is 3. The van der Waals surface area contributed by atoms with Crippen LogP contribution in [0, 0.1) is 12.7 Å². The van der Waals surface area contributed by atoms with Gasteiger partial charge in [-0.2, -0.15) is 31.4 Å². The van der Waals surface area contributed by atoms with Crippen LogP contribution < -0.4 is 5.32 Å². The van der Waals surface area contributed by atoms with Crippen molar-refractivity contribution >= 4 is 29.0 Å². The van der Waals surface area contributed by atoms with Crippen LogP contribution in [0.1, 0.15) is 39.8 Å². The van der Waals surface area contributed by atoms with Gasteiger partial charge < -0.3 is 5.32 Å². The van der Waals surface area contributed by atoms with E-state index in [1.807, 2.05) is 0 Å². The number of rotatable bonds is 5. The summed E-state index contributed by atoms with van der Waals surface area (Å²) in [7, 11) is 0. The lowest BCUT2D eigenvalue weighted by atomic mass is 10.1. The zero-order valence-corrected chi connectivity index (χ0v) is 19.5. The second-order valence-corrected chi connectivity index (χ2v) is 8.01. The smallest absolute Gasteiger partial charge is 0.310 e. The summed E-state index contributed by atoms with van der Waals surface area (Å²) in [5, 5.41) is 5.69. The number of hydrogen-bond donors (Lipinski definition) is 1. The molecule has 0 aliphatic rings. The maximum absolute atomic E-state index is 13.8. The molecule has 2 aromatic carbocycles. The fraction of sp³-hybridized carbons (Fsp3) is 0.261. The molecule has 1 aromatic heterocycles. The van der Waals surface area contributed by atoms with E-state index in [-0.39, 0.29) is 39.9 Å². The van der Waals surface area contributed by atoms with Crippen molar-refractivity contribution in [3.8, 4) is 0 Å². The van der Waals surface area contributed by atoms with Crippen molar-refractivity contribution in [3.63, 3.8) is 0 Å². The van der Waals surface area contributed by atoms with Gasteiger partial charge in [0.2, 0.25) is 0 Å². The molecule has 0 saturated carbocycles. The molecule has 0 fully saturated rings. The van der Waals surface area contributed by atoms with Gasteiger partial charge >= 0.3 is 12.4 Å². The maximum Gasteiger partial charge on any atom is 0.435 e. The molecule has 36 heavy (non-hydrogen) atoms. The third-order valence-electron chi connectivity index (χ3n) is 5.10. The molecule has 13 heteroatoms. The van der Waals surface area contributed by atoms with Crippen molar-refractivity contribution in [3.05, 3.63) is 81.4 Å². The average molecular weight is 535 g/mol. The minimum Gasteiger partial charge on any atom is -0.310 e. The summed E-state index contributed by atoms with van der Waals surface area (Å²) in [6.45, 7) is 2.78. The molecule has 3 aromatic rings. The number of aryl methyl sites for hydroxylation is 1. The van der Waals surface area contributed by atoms with E-state index in [4.69, 9.17) is 11.6 Å². The Kier molecular flexibility index (Phi) is 7.77. The molecular formula is C23H18ClF7N4O. The minimum atomic E-state index is -4.75. The van der Waals surface area contributed by atoms with E-state index < -0.39 is 41.8 Å². The number of carbonyl (C=O) groups is 1. The number of aliphatic imine (C=N–C) groups is 1. The van der Waals surface area contributed by atoms with Crippen molar-refractivity contribution in [1.29, 1.82) is 0 Å². The molecule has 0 aliphatic carbocycles. The number of amidine groups is 1. The molecule has 0 spiro atoms. The normalized spacial score (nSPS) is 12.7. The van der Waals surface area contributed by atoms with E-state index in [1.165, 1.54) is 19.1 Å². The number of alkyl halides is 6. The van der Waals surface area contributed by atoms with Gasteiger partial charge in [0.15, 0.2) is 5.69 Å². The van der Waals surface area contributed by atoms with Gasteiger partial charge in [0.05, 0.1) is 16.3 Å². The highest BCUT2D eigenvalue weighted by Gasteiger charge is 2.38. The monoisotopic (exact) mass is 534 g/mol. The van der Waals surface area contributed by atoms with Crippen molar-refractivity contribution in [2.24, 2.45) is 4.99 Å². The minimum absolute atomic E-state index is 0.0399. The van der Waals surface area contributed by atoms with Crippen LogP contribution in [-0.4, -0.2) is 21.5 Å². The Morgan fingerprint density at radius 1 is 1.08 bits per heavy atom. The molecule has 0 unspecified atom stereocenters. The molecule has 0 radical (unpaired) electrons. The molecule has 1 amide bonds. The van der Waals surface area contributed by atoms with E-state index in [0.717, 1.165) is 35.0 Å². The molecule has 3 rings (SSSR count). The highest BCUT2D eigenvalue weighted by molar-refractivity contribution is 6.30. The standard InChI is InChI=1S/C23H18ClF7N4O/c1-3-35-18(12(2)20(34-35)23(29,30)31)11-19(32-15-6-4-5-14(10-15)22(26,27)28)33-21(36)13-7-8-16(24)17(25)9-13/h4-10H,3,11H2,1-2H3,(H,32,33,36). The van der Waals surface area contributed by atoms with Crippen LogP contribution >= 0.6 is 11.6 Å². The maximum atomic E-state index is 13.8. The van der Waals surface area contributed by atoms with Gasteiger partial charge in [-0.1, -0.05) is 17.7 Å². The van der Waals surface area contributed by atoms with Crippen LogP contribution in [0.15, 0.2) is 47.5 Å². The first kappa shape index (κ1) is 27.2. The molecule has 192 valence electrons. The summed E-state index contributed by atoms with van der Waals surface area (Å²) >= 11 is 5.62. The van der Waals surface area contributed by atoms with E-state index in [0.29, 0.717) is 0 Å². The molecule has 1 N–H and O–H groups in total. The largest absolute Gasteiger partial charge is 0.435 e. The highest BCUT2D eigenvalue weighted by atomic mass is 35.5. The van der Waals surface area contributed by atoms with Crippen LogP contribution in [-0.2, 0) is 25.3 Å². The van der Waals surface area contributed by atoms with Crippen LogP contribution in [0.25, 0.3) is 0 Å². The second kappa shape index (κ2) is 10.3. The zero-order valence-electron chi connectivity index (χ0n) is 18.7. The molecule has 0 saturated heterocycles. The number of amides is 1. The molecule has 0 aliphatic heterocycles. The second-order valence-electron chi connectivity index (χ2n) is 7.60. The third-order valence-corrected chi connectivity index (χ3v) is 5.41. The SMILES string of the molecule is CCn1nc(C(F)(F)F)c(C)c1CC(=Nc1cccc(C(F)(F)F)c1)NC(=O)c1ccc(Cl)c(F)c1. The summed E-state index contributed by atoms with van der Waals surface area (Å²) in [6, 6.07) is 7.03. The number of nitrogens with zero attached hydrogens (tertiary/aromatic N) is 3. The lowest BCUT2D eigenvalue weighted by Crippen LogP contribution is -2.32. The van der Waals surface area contributed by atoms with E-state index in [9.17, 15) is 35.5 Å². The number of nitrogens with one attached hydrogen (secondary N) is 1. The first-order valence-electron chi connectivity index (χ1n) is 10.4. The molecule has 1 heterocycles. The fourth-order valence-electron chi connectivity index (χ4n) is 3.36. The predicted octanol–water partition coefficient (Wildman–Crippen LogP) is 6.74. The van der Waals surface area contributed by atoms with E-state index in [2.05, 4.69) is 15.4 Å². The Morgan fingerprint density at radius 2 is 1.78 bits per heavy atom. The Hall–Kier alpha value is -3.41. The van der Waals surface area contributed by atoms with E-state index >= 15 is 0 Å². The molecule has 5 nitrogen and oxygen atoms in total. The Bertz CT molecular complexity index is 1310. The van der Waals surface area contributed by atoms with E-state index in [1.54, 1.807) is 6.92 Å². The van der Waals surface area contributed by atoms with Gasteiger partial charge in [0.25, 0.3) is 5.91 Å². The van der Waals surface area contributed by atoms with Crippen molar-refractivity contribution in [1.82, 2.24) is 15.1 Å². The first-order valence-corrected chi connectivity index (χ1v) is 10.7. The van der Waals surface area contributed by atoms with Crippen molar-refractivity contribution in [2.45, 2.75) is 39.2 Å². The Morgan fingerprint density at radius 3 is 2.36 bits per heavy atom. The summed E-state index contributed by atoms with van der Waals surface area (Å²) in [5.74, 6) is -2.07. The third kappa shape index (κ3) is 6.23. The summed E-state index contributed by atoms with van der Waals surface area (Å²) in [5.41, 5.74) is -2.73. The van der Waals surface area contributed by atoms with Gasteiger partial charge in [-0.25, -0.2) is 9.38 Å². The topological polar surface area (TPSA) is 59.3 Å². The Balaban J connectivity index is 2.07. The van der Waals surface area contributed by atoms with Gasteiger partial charge in [-0.3, -0.25) is 9.48 Å². The average Bonchev–Trinajstić information content (AvgIpc) is 3.10. The number of carbonyl (C=O) groups excluding carboxylic acids is 1. The first-order chi connectivity index (χ1) is 16.7. The van der Waals surface area contributed by atoms with Gasteiger partial charge in [-0.15, -0.1) is 0 Å². The van der Waals surface area contributed by atoms with Crippen LogP contribution in [0.3, 0.4) is 0 Å². The van der Waals surface area contributed by atoms with Crippen LogP contribution in [0.2, 0.25) is 5.02 Å². The van der Waals surface area contributed by atoms with Crippen molar-refractivity contribution < 1.29 is 35.5 Å². The van der Waals surface area contributed by atoms with Crippen LogP contribution in [0.5, 0.6) is 0 Å². The predicted molar refractivity (Wildman–Crippen MR) is 119 cm³/mol. The Labute approximate surface area is 205 Å². The lowest BCUT2D eigenvalue weighted by molar-refractivity contribution is -0.142. The number of halogens is 8. The van der Waals surface area contributed by atoms with Crippen LogP contribution in [0.4, 0.5) is 36.4 Å². The quantitative estimate of drug-likeness (QED) is 0.224. The molecule has 0 atom stereocenters. The number of benzene rings is 2. The lowest BCUT2D eigenvalue weighted by Gasteiger charge is -2.13. The highest BCUT2D eigenvalue weighted by Crippen LogP contribution is 2.33. The zero-order chi connectivity index (χ0) is 26.8. The van der Waals surface area contributed by atoms with Gasteiger partial charge in [0.1, 0.15) is 11.7 Å². The summed E-state index contributed by atoms with van der Waals surface area (Å²) in [4.78, 5) is 16.8. The summed E-state index contributed by atoms with van der Waals surface area (Å²) in [6.07, 6.45) is -9.84.